The Morgan fingerprint density at radius 1 is 1.08 bits per heavy atom. The number of sulfonamides is 1. The highest BCUT2D eigenvalue weighted by Crippen LogP contribution is 2.36. The van der Waals surface area contributed by atoms with Gasteiger partial charge in [-0.3, -0.25) is 9.10 Å². The summed E-state index contributed by atoms with van der Waals surface area (Å²) in [7, 11) is -3.81. The monoisotopic (exact) mass is 342 g/mol. The van der Waals surface area contributed by atoms with Crippen LogP contribution in [-0.2, 0) is 16.4 Å². The maximum Gasteiger partial charge on any atom is 0.264 e. The number of hydrogen-bond donors (Lipinski definition) is 2. The molecule has 0 saturated carbocycles. The standard InChI is InChI=1S/C17H14N2O4S/c20-12-4-5-15-11(10-12)7-9-19(15)24(22,23)16-3-1-2-14-13(16)6-8-18-17(14)21/h1-6,8,10,20H,7,9H2,(H,18,21). The van der Waals surface area contributed by atoms with Crippen molar-refractivity contribution >= 4 is 26.5 Å². The molecule has 1 aliphatic heterocycles. The maximum absolute atomic E-state index is 13.2. The van der Waals surface area contributed by atoms with Crippen LogP contribution in [0, 0.1) is 0 Å². The van der Waals surface area contributed by atoms with Gasteiger partial charge in [-0.2, -0.15) is 0 Å². The molecule has 2 N–H and O–H groups in total. The van der Waals surface area contributed by atoms with E-state index in [1.165, 1.54) is 22.6 Å². The molecule has 1 aliphatic rings. The van der Waals surface area contributed by atoms with Gasteiger partial charge in [-0.25, -0.2) is 8.42 Å². The Balaban J connectivity index is 1.92. The number of anilines is 1. The smallest absolute Gasteiger partial charge is 0.264 e. The molecule has 7 heteroatoms. The number of benzene rings is 2. The second kappa shape index (κ2) is 5.10. The summed E-state index contributed by atoms with van der Waals surface area (Å²) in [4.78, 5) is 14.6. The number of pyridine rings is 1. The zero-order valence-corrected chi connectivity index (χ0v) is 13.4. The zero-order chi connectivity index (χ0) is 16.9. The van der Waals surface area contributed by atoms with E-state index < -0.39 is 10.0 Å². The molecule has 0 fully saturated rings. The quantitative estimate of drug-likeness (QED) is 0.745. The highest BCUT2D eigenvalue weighted by molar-refractivity contribution is 7.93. The SMILES string of the molecule is O=c1[nH]ccc2c(S(=O)(=O)N3CCc4cc(O)ccc43)cccc12. The summed E-state index contributed by atoms with van der Waals surface area (Å²) in [6.07, 6.45) is 1.98. The van der Waals surface area contributed by atoms with Gasteiger partial charge in [0.25, 0.3) is 15.6 Å². The molecule has 0 amide bonds. The fraction of sp³-hybridized carbons (Fsp3) is 0.118. The van der Waals surface area contributed by atoms with Gasteiger partial charge in [0.1, 0.15) is 5.75 Å². The van der Waals surface area contributed by atoms with Crippen molar-refractivity contribution in [3.63, 3.8) is 0 Å². The number of aromatic hydroxyl groups is 1. The first-order valence-corrected chi connectivity index (χ1v) is 8.87. The predicted molar refractivity (Wildman–Crippen MR) is 90.9 cm³/mol. The van der Waals surface area contributed by atoms with Gasteiger partial charge in [0.2, 0.25) is 0 Å². The minimum atomic E-state index is -3.81. The van der Waals surface area contributed by atoms with E-state index in [-0.39, 0.29) is 16.2 Å². The van der Waals surface area contributed by atoms with E-state index in [0.717, 1.165) is 5.56 Å². The molecule has 0 saturated heterocycles. The van der Waals surface area contributed by atoms with E-state index in [1.807, 2.05) is 0 Å². The molecule has 3 aromatic rings. The first kappa shape index (κ1) is 14.8. The summed E-state index contributed by atoms with van der Waals surface area (Å²) < 4.78 is 27.6. The van der Waals surface area contributed by atoms with Crippen molar-refractivity contribution in [2.45, 2.75) is 11.3 Å². The molecule has 0 radical (unpaired) electrons. The third-order valence-electron chi connectivity index (χ3n) is 4.26. The molecule has 2 aromatic carbocycles. The summed E-state index contributed by atoms with van der Waals surface area (Å²) in [6, 6.07) is 10.9. The van der Waals surface area contributed by atoms with Gasteiger partial charge in [-0.15, -0.1) is 0 Å². The van der Waals surface area contributed by atoms with Crippen molar-refractivity contribution in [1.29, 1.82) is 0 Å². The maximum atomic E-state index is 13.2. The molecular weight excluding hydrogens is 328 g/mol. The molecule has 0 spiro atoms. The van der Waals surface area contributed by atoms with E-state index in [1.54, 1.807) is 30.3 Å². The van der Waals surface area contributed by atoms with Crippen LogP contribution >= 0.6 is 0 Å². The molecule has 24 heavy (non-hydrogen) atoms. The molecule has 0 unspecified atom stereocenters. The second-order valence-corrected chi connectivity index (χ2v) is 7.50. The summed E-state index contributed by atoms with van der Waals surface area (Å²) in [5.41, 5.74) is 1.03. The Morgan fingerprint density at radius 2 is 1.92 bits per heavy atom. The van der Waals surface area contributed by atoms with Gasteiger partial charge < -0.3 is 10.1 Å². The van der Waals surface area contributed by atoms with Gasteiger partial charge in [0.05, 0.1) is 10.6 Å². The van der Waals surface area contributed by atoms with Gasteiger partial charge in [-0.05, 0) is 48.4 Å². The molecule has 2 heterocycles. The van der Waals surface area contributed by atoms with Crippen molar-refractivity contribution in [3.05, 3.63) is 64.6 Å². The molecular formula is C17H14N2O4S. The average molecular weight is 342 g/mol. The number of phenols is 1. The van der Waals surface area contributed by atoms with Crippen LogP contribution in [0.2, 0.25) is 0 Å². The van der Waals surface area contributed by atoms with Crippen molar-refractivity contribution < 1.29 is 13.5 Å². The molecule has 0 aliphatic carbocycles. The number of aromatic amines is 1. The van der Waals surface area contributed by atoms with E-state index in [2.05, 4.69) is 4.98 Å². The lowest BCUT2D eigenvalue weighted by Crippen LogP contribution is -2.29. The third kappa shape index (κ3) is 2.09. The van der Waals surface area contributed by atoms with E-state index in [9.17, 15) is 18.3 Å². The lowest BCUT2D eigenvalue weighted by Gasteiger charge is -2.20. The van der Waals surface area contributed by atoms with Crippen molar-refractivity contribution in [3.8, 4) is 5.75 Å². The number of aromatic nitrogens is 1. The van der Waals surface area contributed by atoms with E-state index >= 15 is 0 Å². The predicted octanol–water partition coefficient (Wildman–Crippen LogP) is 1.99. The fourth-order valence-electron chi connectivity index (χ4n) is 3.14. The highest BCUT2D eigenvalue weighted by Gasteiger charge is 2.32. The Hall–Kier alpha value is -2.80. The lowest BCUT2D eigenvalue weighted by atomic mass is 10.1. The molecule has 6 nitrogen and oxygen atoms in total. The second-order valence-electron chi connectivity index (χ2n) is 5.66. The van der Waals surface area contributed by atoms with Crippen molar-refractivity contribution in [2.24, 2.45) is 0 Å². The minimum Gasteiger partial charge on any atom is -0.508 e. The number of rotatable bonds is 2. The summed E-state index contributed by atoms with van der Waals surface area (Å²) in [5.74, 6) is 0.115. The first-order chi connectivity index (χ1) is 11.5. The van der Waals surface area contributed by atoms with Crippen LogP contribution < -0.4 is 9.86 Å². The molecule has 1 aromatic heterocycles. The van der Waals surface area contributed by atoms with Crippen molar-refractivity contribution in [2.75, 3.05) is 10.8 Å². The van der Waals surface area contributed by atoms with Crippen LogP contribution in [0.25, 0.3) is 10.8 Å². The largest absolute Gasteiger partial charge is 0.508 e. The van der Waals surface area contributed by atoms with Crippen LogP contribution in [0.4, 0.5) is 5.69 Å². The number of fused-ring (bicyclic) bond motifs is 2. The normalized spacial score (nSPS) is 14.1. The van der Waals surface area contributed by atoms with Gasteiger partial charge in [0, 0.05) is 23.5 Å². The topological polar surface area (TPSA) is 90.5 Å². The number of H-pyrrole nitrogens is 1. The van der Waals surface area contributed by atoms with Crippen LogP contribution in [0.5, 0.6) is 5.75 Å². The number of nitrogens with one attached hydrogen (secondary N) is 1. The summed E-state index contributed by atoms with van der Waals surface area (Å²) >= 11 is 0. The van der Waals surface area contributed by atoms with Crippen molar-refractivity contribution in [1.82, 2.24) is 4.98 Å². The minimum absolute atomic E-state index is 0.104. The van der Waals surface area contributed by atoms with Crippen LogP contribution in [0.15, 0.2) is 58.4 Å². The first-order valence-electron chi connectivity index (χ1n) is 7.43. The molecule has 0 atom stereocenters. The Kier molecular flexibility index (Phi) is 3.14. The average Bonchev–Trinajstić information content (AvgIpc) is 2.98. The van der Waals surface area contributed by atoms with Gasteiger partial charge >= 0.3 is 0 Å². The van der Waals surface area contributed by atoms with E-state index in [0.29, 0.717) is 29.4 Å². The molecule has 4 rings (SSSR count). The molecule has 0 bridgehead atoms. The number of phenolic OH excluding ortho intramolecular Hbond substituents is 1. The Labute approximate surface area is 138 Å². The number of hydrogen-bond acceptors (Lipinski definition) is 4. The zero-order valence-electron chi connectivity index (χ0n) is 12.6. The molecule has 122 valence electrons. The highest BCUT2D eigenvalue weighted by atomic mass is 32.2. The van der Waals surface area contributed by atoms with Gasteiger partial charge in [-0.1, -0.05) is 6.07 Å². The van der Waals surface area contributed by atoms with Crippen LogP contribution in [-0.4, -0.2) is 25.1 Å². The van der Waals surface area contributed by atoms with Crippen LogP contribution in [0.1, 0.15) is 5.56 Å². The lowest BCUT2D eigenvalue weighted by molar-refractivity contribution is 0.475. The summed E-state index contributed by atoms with van der Waals surface area (Å²) in [5, 5.41) is 10.3. The number of nitrogens with zero attached hydrogens (tertiary/aromatic N) is 1. The van der Waals surface area contributed by atoms with Crippen LogP contribution in [0.3, 0.4) is 0 Å². The Bertz CT molecular complexity index is 1120. The summed E-state index contributed by atoms with van der Waals surface area (Å²) in [6.45, 7) is 0.306. The Morgan fingerprint density at radius 3 is 2.75 bits per heavy atom. The van der Waals surface area contributed by atoms with Gasteiger partial charge in [0.15, 0.2) is 0 Å². The third-order valence-corrected chi connectivity index (χ3v) is 6.13. The fourth-order valence-corrected chi connectivity index (χ4v) is 4.86. The van der Waals surface area contributed by atoms with E-state index in [4.69, 9.17) is 0 Å².